The maximum Gasteiger partial charge on any atom is 0.277 e. The first-order valence-electron chi connectivity index (χ1n) is 17.3. The summed E-state index contributed by atoms with van der Waals surface area (Å²) in [5.74, 6) is -3.97. The Bertz CT molecular complexity index is 1900. The highest BCUT2D eigenvalue weighted by atomic mass is 16.5. The van der Waals surface area contributed by atoms with Gasteiger partial charge in [0.2, 0.25) is 5.91 Å². The first-order chi connectivity index (χ1) is 22.3. The standard InChI is InChI=1S/C25H25N5O4/c1-34-19-11-9-18(10-12-19)30-23-20(22(27-30)24(26)32)13-15-29(25(23)33)17-7-5-16(6-8-17)28-14-3-2-4-21(28)31/h5-12H,2-4,13-15H2,1H3,(H2,26,32)/i1D3,2D2,3D2,5D,6D,7D,8D,14D2,15D2. The van der Waals surface area contributed by atoms with Crippen molar-refractivity contribution in [1.82, 2.24) is 9.78 Å². The molecule has 1 aromatic heterocycles. The number of rotatable bonds is 5. The predicted octanol–water partition coefficient (Wildman–Crippen LogP) is 2.70. The number of ether oxygens (including phenoxy) is 1. The summed E-state index contributed by atoms with van der Waals surface area (Å²) in [5, 5.41) is 4.07. The molecule has 3 heterocycles. The van der Waals surface area contributed by atoms with Crippen molar-refractivity contribution >= 4 is 29.1 Å². The van der Waals surface area contributed by atoms with Crippen LogP contribution in [0.3, 0.4) is 0 Å². The summed E-state index contributed by atoms with van der Waals surface area (Å²) in [4.78, 5) is 39.8. The Morgan fingerprint density at radius 1 is 1.03 bits per heavy atom. The summed E-state index contributed by atoms with van der Waals surface area (Å²) in [6, 6.07) is 0.321. The molecular formula is C25H25N5O4. The number of anilines is 2. The second-order valence-corrected chi connectivity index (χ2v) is 7.04. The molecule has 1 saturated heterocycles. The van der Waals surface area contributed by atoms with Gasteiger partial charge in [0.25, 0.3) is 11.8 Å². The zero-order chi connectivity index (χ0) is 37.0. The van der Waals surface area contributed by atoms with Crippen LogP contribution < -0.4 is 20.3 Å². The minimum atomic E-state index is -3.54. The van der Waals surface area contributed by atoms with Crippen LogP contribution in [0.2, 0.25) is 0 Å². The number of nitrogens with two attached hydrogens (primary N) is 1. The van der Waals surface area contributed by atoms with Crippen LogP contribution in [-0.4, -0.2) is 47.5 Å². The number of amides is 3. The number of benzene rings is 2. The van der Waals surface area contributed by atoms with E-state index in [1.54, 1.807) is 0 Å². The van der Waals surface area contributed by atoms with Crippen molar-refractivity contribution in [2.75, 3.05) is 29.8 Å². The average molecular weight is 475 g/mol. The molecule has 2 N–H and O–H groups in total. The number of carbonyl (C=O) groups is 3. The van der Waals surface area contributed by atoms with Crippen LogP contribution in [-0.2, 0) is 11.2 Å². The highest BCUT2D eigenvalue weighted by Gasteiger charge is 2.34. The van der Waals surface area contributed by atoms with Gasteiger partial charge in [-0.3, -0.25) is 14.4 Å². The fourth-order valence-electron chi connectivity index (χ4n) is 3.45. The molecule has 3 amide bonds. The molecule has 9 nitrogen and oxygen atoms in total. The Labute approximate surface area is 217 Å². The van der Waals surface area contributed by atoms with Crippen LogP contribution in [0.25, 0.3) is 5.69 Å². The van der Waals surface area contributed by atoms with Gasteiger partial charge in [-0.1, -0.05) is 0 Å². The van der Waals surface area contributed by atoms with Gasteiger partial charge >= 0.3 is 0 Å². The average Bonchev–Trinajstić information content (AvgIpc) is 3.33. The Hall–Kier alpha value is -4.14. The van der Waals surface area contributed by atoms with E-state index in [9.17, 15) is 14.4 Å². The lowest BCUT2D eigenvalue weighted by Crippen LogP contribution is -2.39. The zero-order valence-electron chi connectivity index (χ0n) is 32.2. The van der Waals surface area contributed by atoms with Crippen LogP contribution in [0.1, 0.15) is 66.3 Å². The van der Waals surface area contributed by atoms with Gasteiger partial charge in [0.05, 0.1) is 25.1 Å². The molecule has 0 spiro atoms. The predicted molar refractivity (Wildman–Crippen MR) is 127 cm³/mol. The molecule has 0 radical (unpaired) electrons. The molecule has 2 aromatic carbocycles. The number of primary amides is 1. The fourth-order valence-corrected chi connectivity index (χ4v) is 3.45. The van der Waals surface area contributed by atoms with Crippen molar-refractivity contribution in [2.24, 2.45) is 5.73 Å². The minimum Gasteiger partial charge on any atom is -0.497 e. The van der Waals surface area contributed by atoms with E-state index in [2.05, 4.69) is 5.10 Å². The van der Waals surface area contributed by atoms with Crippen LogP contribution >= 0.6 is 0 Å². The molecule has 1 fully saturated rings. The Balaban J connectivity index is 1.69. The quantitative estimate of drug-likeness (QED) is 0.611. The minimum absolute atomic E-state index is 0.00254. The van der Waals surface area contributed by atoms with Crippen molar-refractivity contribution in [3.05, 3.63) is 65.4 Å². The summed E-state index contributed by atoms with van der Waals surface area (Å²) >= 11 is 0. The lowest BCUT2D eigenvalue weighted by Gasteiger charge is -2.29. The molecule has 174 valence electrons. The zero-order valence-corrected chi connectivity index (χ0v) is 17.2. The van der Waals surface area contributed by atoms with E-state index in [-0.39, 0.29) is 26.8 Å². The number of hydrogen-bond donors (Lipinski definition) is 1. The Morgan fingerprint density at radius 2 is 1.74 bits per heavy atom. The van der Waals surface area contributed by atoms with Gasteiger partial charge in [-0.15, -0.1) is 0 Å². The van der Waals surface area contributed by atoms with Crippen LogP contribution in [0.4, 0.5) is 11.4 Å². The maximum absolute atomic E-state index is 14.2. The van der Waals surface area contributed by atoms with E-state index < -0.39 is 110 Å². The molecule has 0 aliphatic carbocycles. The number of aromatic nitrogens is 2. The number of piperidine rings is 1. The molecule has 34 heavy (non-hydrogen) atoms. The highest BCUT2D eigenvalue weighted by Crippen LogP contribution is 2.31. The van der Waals surface area contributed by atoms with Crippen LogP contribution in [0.15, 0.2) is 48.4 Å². The summed E-state index contributed by atoms with van der Waals surface area (Å²) in [6.07, 6.45) is -8.45. The lowest BCUT2D eigenvalue weighted by atomic mass is 10.0. The third-order valence-electron chi connectivity index (χ3n) is 5.03. The third-order valence-corrected chi connectivity index (χ3v) is 5.03. The van der Waals surface area contributed by atoms with E-state index in [1.165, 1.54) is 24.3 Å². The van der Waals surface area contributed by atoms with Gasteiger partial charge in [-0.05, 0) is 67.6 Å². The van der Waals surface area contributed by atoms with E-state index in [0.29, 0.717) is 0 Å². The SMILES string of the molecule is [2H]c1c([2H])c(N2C(=O)CC([2H])([2H])C([2H])([2H])C2([2H])[2H])c([2H])c([2H])c1N1C(=O)c2c(c(C(N)=O)nn2-c2ccc(OC([2H])([2H])[2H])cc2)CC1([2H])[2H]. The molecule has 3 aromatic rings. The number of hydrogen-bond acceptors (Lipinski definition) is 5. The third kappa shape index (κ3) is 3.68. The van der Waals surface area contributed by atoms with E-state index in [4.69, 9.17) is 31.0 Å². The second kappa shape index (κ2) is 8.66. The first kappa shape index (κ1) is 10.4. The normalized spacial score (nSPS) is 28.6. The number of methoxy groups -OCH3 is 1. The summed E-state index contributed by atoms with van der Waals surface area (Å²) in [6.45, 7) is -6.42. The highest BCUT2D eigenvalue weighted by molar-refractivity contribution is 6.09. The fraction of sp³-hybridized carbons (Fsp3) is 0.280. The monoisotopic (exact) mass is 474 g/mol. The maximum atomic E-state index is 14.2. The van der Waals surface area contributed by atoms with Gasteiger partial charge < -0.3 is 20.3 Å². The number of carbonyl (C=O) groups excluding carboxylic acids is 3. The molecule has 2 aliphatic heterocycles. The van der Waals surface area contributed by atoms with Crippen molar-refractivity contribution in [3.63, 3.8) is 0 Å². The molecule has 2 aliphatic rings. The largest absolute Gasteiger partial charge is 0.497 e. The van der Waals surface area contributed by atoms with Crippen molar-refractivity contribution in [3.8, 4) is 11.4 Å². The topological polar surface area (TPSA) is 111 Å². The van der Waals surface area contributed by atoms with Crippen LogP contribution in [0, 0.1) is 0 Å². The Morgan fingerprint density at radius 3 is 2.41 bits per heavy atom. The van der Waals surface area contributed by atoms with Gasteiger partial charge in [0.1, 0.15) is 11.4 Å². The second-order valence-electron chi connectivity index (χ2n) is 7.04. The number of nitrogens with zero attached hydrogens (tertiary/aromatic N) is 4. The first-order valence-corrected chi connectivity index (χ1v) is 9.76. The summed E-state index contributed by atoms with van der Waals surface area (Å²) in [5.41, 5.74) is 2.23. The van der Waals surface area contributed by atoms with E-state index in [0.717, 1.165) is 4.68 Å². The molecule has 0 atom stereocenters. The van der Waals surface area contributed by atoms with E-state index >= 15 is 0 Å². The molecule has 5 rings (SSSR count). The summed E-state index contributed by atoms with van der Waals surface area (Å²) in [7, 11) is -2.79. The smallest absolute Gasteiger partial charge is 0.277 e. The van der Waals surface area contributed by atoms with Crippen molar-refractivity contribution in [1.29, 1.82) is 0 Å². The molecule has 9 heteroatoms. The van der Waals surface area contributed by atoms with Gasteiger partial charge in [-0.2, -0.15) is 5.10 Å². The van der Waals surface area contributed by atoms with E-state index in [1.807, 2.05) is 0 Å². The molecule has 0 saturated carbocycles. The van der Waals surface area contributed by atoms with Crippen LogP contribution in [0.5, 0.6) is 5.75 Å². The van der Waals surface area contributed by atoms with Crippen molar-refractivity contribution in [2.45, 2.75) is 25.6 Å². The summed E-state index contributed by atoms with van der Waals surface area (Å²) < 4.78 is 128. The number of fused-ring (bicyclic) bond motifs is 1. The van der Waals surface area contributed by atoms with Gasteiger partial charge in [0.15, 0.2) is 5.69 Å². The lowest BCUT2D eigenvalue weighted by molar-refractivity contribution is -0.119. The molecule has 0 bridgehead atoms. The van der Waals surface area contributed by atoms with Gasteiger partial charge in [0, 0.05) is 44.6 Å². The molecular weight excluding hydrogens is 434 g/mol. The Kier molecular flexibility index (Phi) is 2.65. The van der Waals surface area contributed by atoms with Crippen molar-refractivity contribution < 1.29 is 39.7 Å². The van der Waals surface area contributed by atoms with Gasteiger partial charge in [-0.25, -0.2) is 4.68 Å². The molecule has 0 unspecified atom stereocenters.